The van der Waals surface area contributed by atoms with Gasteiger partial charge in [0.25, 0.3) is 0 Å². The third kappa shape index (κ3) is 5.72. The molecule has 5 N–H and O–H groups in total. The fourth-order valence-corrected chi connectivity index (χ4v) is 0.415. The van der Waals surface area contributed by atoms with Crippen LogP contribution in [0.1, 0.15) is 13.3 Å². The molecule has 56 valence electrons. The van der Waals surface area contributed by atoms with Crippen LogP contribution in [0.5, 0.6) is 0 Å². The SMILES string of the molecule is CCC(N)NCNNC. The zero-order valence-corrected chi connectivity index (χ0v) is 6.07. The predicted molar refractivity (Wildman–Crippen MR) is 38.5 cm³/mol. The summed E-state index contributed by atoms with van der Waals surface area (Å²) in [6, 6.07) is 0. The Bertz CT molecular complexity index is 56.9. The number of nitrogens with one attached hydrogen (secondary N) is 3. The summed E-state index contributed by atoms with van der Waals surface area (Å²) in [5.74, 6) is 0. The minimum absolute atomic E-state index is 0.103. The fourth-order valence-electron chi connectivity index (χ4n) is 0.415. The normalized spacial score (nSPS) is 13.7. The Morgan fingerprint density at radius 3 is 2.67 bits per heavy atom. The lowest BCUT2D eigenvalue weighted by Crippen LogP contribution is -2.45. The number of hydrogen-bond donors (Lipinski definition) is 4. The van der Waals surface area contributed by atoms with E-state index in [1.54, 1.807) is 0 Å². The number of hydrazine groups is 1. The topological polar surface area (TPSA) is 62.1 Å². The van der Waals surface area contributed by atoms with Gasteiger partial charge in [-0.2, -0.15) is 0 Å². The lowest BCUT2D eigenvalue weighted by molar-refractivity contribution is 0.452. The van der Waals surface area contributed by atoms with Gasteiger partial charge in [0, 0.05) is 0 Å². The van der Waals surface area contributed by atoms with Gasteiger partial charge in [0.15, 0.2) is 0 Å². The summed E-state index contributed by atoms with van der Waals surface area (Å²) in [5, 5.41) is 3.04. The molecule has 4 nitrogen and oxygen atoms in total. The van der Waals surface area contributed by atoms with Crippen molar-refractivity contribution in [3.63, 3.8) is 0 Å². The first-order valence-corrected chi connectivity index (χ1v) is 3.19. The summed E-state index contributed by atoms with van der Waals surface area (Å²) in [4.78, 5) is 0. The zero-order chi connectivity index (χ0) is 7.11. The molecule has 1 atom stereocenters. The van der Waals surface area contributed by atoms with Gasteiger partial charge in [-0.1, -0.05) is 6.92 Å². The molecule has 0 heterocycles. The van der Waals surface area contributed by atoms with E-state index in [9.17, 15) is 0 Å². The third-order valence-corrected chi connectivity index (χ3v) is 1.07. The first-order chi connectivity index (χ1) is 4.31. The smallest absolute Gasteiger partial charge is 0.0601 e. The monoisotopic (exact) mass is 132 g/mol. The minimum Gasteiger partial charge on any atom is -0.316 e. The van der Waals surface area contributed by atoms with Crippen molar-refractivity contribution in [2.75, 3.05) is 13.7 Å². The van der Waals surface area contributed by atoms with Crippen molar-refractivity contribution < 1.29 is 0 Å². The molecule has 0 aromatic heterocycles. The minimum atomic E-state index is 0.103. The molecule has 0 saturated carbocycles. The first-order valence-electron chi connectivity index (χ1n) is 3.19. The van der Waals surface area contributed by atoms with Gasteiger partial charge in [0.1, 0.15) is 0 Å². The summed E-state index contributed by atoms with van der Waals surface area (Å²) in [7, 11) is 1.82. The van der Waals surface area contributed by atoms with Crippen LogP contribution in [0.15, 0.2) is 0 Å². The molecule has 0 aromatic rings. The van der Waals surface area contributed by atoms with E-state index >= 15 is 0 Å². The molecule has 0 saturated heterocycles. The highest BCUT2D eigenvalue weighted by Crippen LogP contribution is 1.75. The number of rotatable bonds is 5. The van der Waals surface area contributed by atoms with Crippen LogP contribution < -0.4 is 21.9 Å². The zero-order valence-electron chi connectivity index (χ0n) is 6.07. The van der Waals surface area contributed by atoms with Gasteiger partial charge in [0.05, 0.1) is 12.8 Å². The molecule has 9 heavy (non-hydrogen) atoms. The van der Waals surface area contributed by atoms with Crippen molar-refractivity contribution >= 4 is 0 Å². The van der Waals surface area contributed by atoms with Crippen LogP contribution >= 0.6 is 0 Å². The second-order valence-corrected chi connectivity index (χ2v) is 1.82. The van der Waals surface area contributed by atoms with Gasteiger partial charge in [-0.15, -0.1) is 0 Å². The average molecular weight is 132 g/mol. The van der Waals surface area contributed by atoms with E-state index < -0.39 is 0 Å². The van der Waals surface area contributed by atoms with E-state index in [0.29, 0.717) is 6.67 Å². The summed E-state index contributed by atoms with van der Waals surface area (Å²) >= 11 is 0. The Hall–Kier alpha value is -0.160. The van der Waals surface area contributed by atoms with Crippen LogP contribution in [0, 0.1) is 0 Å². The Morgan fingerprint density at radius 2 is 2.22 bits per heavy atom. The molecule has 0 fully saturated rings. The van der Waals surface area contributed by atoms with Crippen LogP contribution in [0.25, 0.3) is 0 Å². The Kier molecular flexibility index (Phi) is 5.86. The van der Waals surface area contributed by atoms with Crippen LogP contribution in [0.2, 0.25) is 0 Å². The molecule has 4 heteroatoms. The summed E-state index contributed by atoms with van der Waals surface area (Å²) in [6.07, 6.45) is 1.05. The van der Waals surface area contributed by atoms with Gasteiger partial charge >= 0.3 is 0 Å². The molecule has 0 aliphatic carbocycles. The Morgan fingerprint density at radius 1 is 1.56 bits per heavy atom. The maximum atomic E-state index is 5.53. The molecule has 1 unspecified atom stereocenters. The van der Waals surface area contributed by atoms with Crippen molar-refractivity contribution in [1.82, 2.24) is 16.2 Å². The first kappa shape index (κ1) is 8.84. The molecule has 0 aromatic carbocycles. The second kappa shape index (κ2) is 5.97. The standard InChI is InChI=1S/C5H16N4/c1-3-5(6)8-4-9-7-2/h5,7-9H,3-4,6H2,1-2H3. The number of nitrogens with two attached hydrogens (primary N) is 1. The summed E-state index contributed by atoms with van der Waals surface area (Å²) in [5.41, 5.74) is 11.2. The van der Waals surface area contributed by atoms with E-state index in [1.807, 2.05) is 14.0 Å². The second-order valence-electron chi connectivity index (χ2n) is 1.82. The molecular formula is C5H16N4. The van der Waals surface area contributed by atoms with Gasteiger partial charge in [-0.25, -0.2) is 5.43 Å². The largest absolute Gasteiger partial charge is 0.316 e. The van der Waals surface area contributed by atoms with E-state index in [4.69, 9.17) is 5.73 Å². The van der Waals surface area contributed by atoms with Crippen molar-refractivity contribution in [2.24, 2.45) is 5.73 Å². The molecule has 0 aliphatic heterocycles. The molecule has 0 radical (unpaired) electrons. The lowest BCUT2D eigenvalue weighted by atomic mass is 10.4. The lowest BCUT2D eigenvalue weighted by Gasteiger charge is -2.10. The molecule has 0 spiro atoms. The highest BCUT2D eigenvalue weighted by atomic mass is 15.4. The van der Waals surface area contributed by atoms with Crippen molar-refractivity contribution in [3.8, 4) is 0 Å². The van der Waals surface area contributed by atoms with Gasteiger partial charge in [-0.05, 0) is 13.5 Å². The Labute approximate surface area is 56.2 Å². The molecule has 0 bridgehead atoms. The van der Waals surface area contributed by atoms with Crippen molar-refractivity contribution in [3.05, 3.63) is 0 Å². The maximum absolute atomic E-state index is 5.53. The highest BCUT2D eigenvalue weighted by Gasteiger charge is 1.92. The van der Waals surface area contributed by atoms with Gasteiger partial charge in [-0.3, -0.25) is 10.7 Å². The van der Waals surface area contributed by atoms with E-state index in [1.165, 1.54) is 0 Å². The molecule has 0 aliphatic rings. The van der Waals surface area contributed by atoms with E-state index in [-0.39, 0.29) is 6.17 Å². The van der Waals surface area contributed by atoms with Crippen LogP contribution in [0.3, 0.4) is 0 Å². The van der Waals surface area contributed by atoms with E-state index in [2.05, 4.69) is 16.2 Å². The van der Waals surface area contributed by atoms with Gasteiger partial charge in [0.2, 0.25) is 0 Å². The number of hydrogen-bond acceptors (Lipinski definition) is 4. The third-order valence-electron chi connectivity index (χ3n) is 1.07. The summed E-state index contributed by atoms with van der Waals surface area (Å²) < 4.78 is 0. The van der Waals surface area contributed by atoms with E-state index in [0.717, 1.165) is 6.42 Å². The van der Waals surface area contributed by atoms with Crippen molar-refractivity contribution in [1.29, 1.82) is 0 Å². The van der Waals surface area contributed by atoms with Crippen molar-refractivity contribution in [2.45, 2.75) is 19.5 Å². The fraction of sp³-hybridized carbons (Fsp3) is 1.00. The summed E-state index contributed by atoms with van der Waals surface area (Å²) in [6.45, 7) is 2.74. The van der Waals surface area contributed by atoms with Crippen LogP contribution in [-0.2, 0) is 0 Å². The highest BCUT2D eigenvalue weighted by molar-refractivity contribution is 4.51. The molecular weight excluding hydrogens is 116 g/mol. The molecule has 0 rings (SSSR count). The maximum Gasteiger partial charge on any atom is 0.0601 e. The quantitative estimate of drug-likeness (QED) is 0.219. The van der Waals surface area contributed by atoms with Crippen LogP contribution in [0.4, 0.5) is 0 Å². The Balaban J connectivity index is 2.88. The average Bonchev–Trinajstić information content (AvgIpc) is 1.89. The molecule has 0 amide bonds. The van der Waals surface area contributed by atoms with Crippen LogP contribution in [-0.4, -0.2) is 19.9 Å². The van der Waals surface area contributed by atoms with Gasteiger partial charge < -0.3 is 5.73 Å². The predicted octanol–water partition coefficient (Wildman–Crippen LogP) is -1.05.